The topological polar surface area (TPSA) is 221 Å². The van der Waals surface area contributed by atoms with Crippen LogP contribution < -0.4 is 14.8 Å². The van der Waals surface area contributed by atoms with Gasteiger partial charge in [0, 0.05) is 56.3 Å². The molecule has 6 unspecified atom stereocenters. The molecule has 5 rings (SSSR count). The fraction of sp³-hybridized carbons (Fsp3) is 0.568. The second-order valence-electron chi connectivity index (χ2n) is 15.2. The zero-order valence-electron chi connectivity index (χ0n) is 35.2. The lowest BCUT2D eigenvalue weighted by Crippen LogP contribution is -2.70. The maximum atomic E-state index is 14.2. The summed E-state index contributed by atoms with van der Waals surface area (Å²) in [5.74, 6) is -2.08. The summed E-state index contributed by atoms with van der Waals surface area (Å²) < 4.78 is 31.2. The Morgan fingerprint density at radius 2 is 1.82 bits per heavy atom. The number of aliphatic hydroxyl groups is 3. The van der Waals surface area contributed by atoms with E-state index in [4.69, 9.17) is 45.3 Å². The first-order chi connectivity index (χ1) is 30.2. The number of rotatable bonds is 25. The summed E-state index contributed by atoms with van der Waals surface area (Å²) >= 11 is 6.00. The third-order valence-electron chi connectivity index (χ3n) is 11.4. The first-order valence-electron chi connectivity index (χ1n) is 21.2. The van der Waals surface area contributed by atoms with Crippen LogP contribution in [0.1, 0.15) is 68.9 Å². The number of oxime groups is 1. The third-order valence-corrected chi connectivity index (χ3v) is 11.5. The van der Waals surface area contributed by atoms with Crippen molar-refractivity contribution in [3.8, 4) is 11.5 Å². The van der Waals surface area contributed by atoms with Gasteiger partial charge in [-0.3, -0.25) is 15.0 Å². The van der Waals surface area contributed by atoms with E-state index in [0.29, 0.717) is 61.4 Å². The molecule has 17 nitrogen and oxygen atoms in total. The number of hydrogen-bond acceptors (Lipinski definition) is 14. The van der Waals surface area contributed by atoms with Gasteiger partial charge in [0.05, 0.1) is 48.9 Å². The van der Waals surface area contributed by atoms with E-state index in [1.54, 1.807) is 43.3 Å². The molecule has 3 aliphatic rings. The predicted octanol–water partition coefficient (Wildman–Crippen LogP) is 6.22. The molecule has 18 heteroatoms. The van der Waals surface area contributed by atoms with Gasteiger partial charge in [0.1, 0.15) is 30.8 Å². The van der Waals surface area contributed by atoms with Gasteiger partial charge in [-0.1, -0.05) is 30.1 Å². The number of halogens is 1. The number of unbranched alkanes of at least 4 members (excludes halogenated alkanes) is 2. The largest absolute Gasteiger partial charge is 0.459 e. The van der Waals surface area contributed by atoms with E-state index in [2.05, 4.69) is 18.0 Å². The molecular formula is C44H59ClN4O13. The summed E-state index contributed by atoms with van der Waals surface area (Å²) in [6, 6.07) is 10.2. The number of benzene rings is 2. The van der Waals surface area contributed by atoms with Crippen molar-refractivity contribution in [2.75, 3.05) is 65.2 Å². The average molecular weight is 887 g/mol. The van der Waals surface area contributed by atoms with Crippen LogP contribution in [0.5, 0.6) is 11.5 Å². The van der Waals surface area contributed by atoms with E-state index in [9.17, 15) is 35.0 Å². The van der Waals surface area contributed by atoms with Crippen LogP contribution >= 0.6 is 11.6 Å². The molecule has 1 saturated carbocycles. The molecule has 2 amide bonds. The summed E-state index contributed by atoms with van der Waals surface area (Å²) in [5, 5.41) is 48.0. The summed E-state index contributed by atoms with van der Waals surface area (Å²) in [4.78, 5) is 45.3. The molecule has 6 atom stereocenters. The Morgan fingerprint density at radius 1 is 1.06 bits per heavy atom. The smallest absolute Gasteiger partial charge is 0.412 e. The third kappa shape index (κ3) is 11.8. The summed E-state index contributed by atoms with van der Waals surface area (Å²) in [5.41, 5.74) is 2.58. The summed E-state index contributed by atoms with van der Waals surface area (Å²) in [6.07, 6.45) is 6.46. The number of aliphatic hydroxyl groups excluding tert-OH is 3. The van der Waals surface area contributed by atoms with Gasteiger partial charge < -0.3 is 49.2 Å². The standard InChI is InChI=1S/C44H59ClN4O13/c1-3-22-59-44-39(48(18-24-57-25-21-52)43(54)58-23-17-45)28-37(47-60-29-30-11-13-32(14-12-30)49(55)56)35-26-31(9-5-7-19-50)34(10-6-8-20-51)40(41(35)44)36-27-33(15-16-38(36)62-44)61-42(53)46-4-2/h3,11-16,26-27,31,34,39-41,50-52H,1,4-10,17-25,28-29H2,2H3,(H,46,53). The average Bonchev–Trinajstić information content (AvgIpc) is 3.26. The fourth-order valence-corrected chi connectivity index (χ4v) is 8.89. The number of fused-ring (bicyclic) bond motifs is 2. The van der Waals surface area contributed by atoms with Crippen LogP contribution in [0.4, 0.5) is 15.3 Å². The number of carbonyl (C=O) groups excluding carboxylic acids is 2. The minimum Gasteiger partial charge on any atom is -0.459 e. The molecular weight excluding hydrogens is 828 g/mol. The lowest BCUT2D eigenvalue weighted by Gasteiger charge is -2.59. The highest BCUT2D eigenvalue weighted by atomic mass is 35.5. The van der Waals surface area contributed by atoms with E-state index >= 15 is 0 Å². The molecule has 4 N–H and O–H groups in total. The number of hydrogen-bond donors (Lipinski definition) is 4. The Bertz CT molecular complexity index is 1860. The Hall–Kier alpha value is -4.78. The number of allylic oxidation sites excluding steroid dienone is 1. The monoisotopic (exact) mass is 886 g/mol. The van der Waals surface area contributed by atoms with E-state index in [-0.39, 0.29) is 89.2 Å². The van der Waals surface area contributed by atoms with Gasteiger partial charge in [0.2, 0.25) is 5.79 Å². The molecule has 340 valence electrons. The SMILES string of the molecule is C=CCOC12Oc3ccc(OC(=O)NCC)cc3C3C(CCCCO)C(CCCCO)C=C(C(=NOCc4ccc([N+](=O)[O-])cc4)CC1N(CCOCCO)C(=O)OCCCl)C32. The number of nitro groups is 1. The van der Waals surface area contributed by atoms with Gasteiger partial charge in [-0.05, 0) is 85.9 Å². The van der Waals surface area contributed by atoms with E-state index in [1.807, 2.05) is 0 Å². The van der Waals surface area contributed by atoms with Crippen molar-refractivity contribution in [2.24, 2.45) is 22.9 Å². The summed E-state index contributed by atoms with van der Waals surface area (Å²) in [6.45, 7) is 5.88. The summed E-state index contributed by atoms with van der Waals surface area (Å²) in [7, 11) is 0. The number of ether oxygens (including phenoxy) is 5. The molecule has 0 aromatic heterocycles. The quantitative estimate of drug-likeness (QED) is 0.0286. The molecule has 0 bridgehead atoms. The van der Waals surface area contributed by atoms with Crippen molar-refractivity contribution in [1.82, 2.24) is 10.2 Å². The highest BCUT2D eigenvalue weighted by molar-refractivity contribution is 6.18. The lowest BCUT2D eigenvalue weighted by atomic mass is 9.55. The van der Waals surface area contributed by atoms with Crippen LogP contribution in [0.2, 0.25) is 0 Å². The van der Waals surface area contributed by atoms with E-state index < -0.39 is 40.8 Å². The zero-order valence-corrected chi connectivity index (χ0v) is 35.9. The van der Waals surface area contributed by atoms with Crippen molar-refractivity contribution < 1.29 is 58.4 Å². The number of alkyl halides is 1. The van der Waals surface area contributed by atoms with Crippen molar-refractivity contribution in [1.29, 1.82) is 0 Å². The number of nitro benzene ring substituents is 1. The predicted molar refractivity (Wildman–Crippen MR) is 229 cm³/mol. The molecule has 0 radical (unpaired) electrons. The molecule has 1 aliphatic heterocycles. The van der Waals surface area contributed by atoms with Crippen molar-refractivity contribution in [3.05, 3.63) is 88.0 Å². The minimum atomic E-state index is -1.61. The van der Waals surface area contributed by atoms with Crippen LogP contribution in [0.15, 0.2) is 71.9 Å². The highest BCUT2D eigenvalue weighted by Gasteiger charge is 2.65. The normalized spacial score (nSPS) is 23.0. The Kier molecular flexibility index (Phi) is 18.8. The molecule has 2 aromatic carbocycles. The van der Waals surface area contributed by atoms with Gasteiger partial charge in [-0.2, -0.15) is 0 Å². The molecule has 0 saturated heterocycles. The zero-order chi connectivity index (χ0) is 44.5. The Morgan fingerprint density at radius 3 is 2.50 bits per heavy atom. The molecule has 1 fully saturated rings. The molecule has 2 aromatic rings. The van der Waals surface area contributed by atoms with Crippen molar-refractivity contribution in [2.45, 2.75) is 76.2 Å². The number of nitrogens with one attached hydrogen (secondary N) is 1. The van der Waals surface area contributed by atoms with Crippen LogP contribution in [0.3, 0.4) is 0 Å². The number of nitrogens with zero attached hydrogens (tertiary/aromatic N) is 3. The molecule has 2 aliphatic carbocycles. The van der Waals surface area contributed by atoms with Gasteiger partial charge in [-0.25, -0.2) is 9.59 Å². The maximum absolute atomic E-state index is 14.2. The highest BCUT2D eigenvalue weighted by Crippen LogP contribution is 2.62. The minimum absolute atomic E-state index is 0.00238. The van der Waals surface area contributed by atoms with Gasteiger partial charge in [0.25, 0.3) is 5.69 Å². The van der Waals surface area contributed by atoms with Crippen LogP contribution in [-0.2, 0) is 25.7 Å². The van der Waals surface area contributed by atoms with Gasteiger partial charge >= 0.3 is 12.2 Å². The Labute approximate surface area is 366 Å². The first kappa shape index (κ1) is 48.3. The van der Waals surface area contributed by atoms with Crippen LogP contribution in [0, 0.1) is 27.9 Å². The first-order valence-corrected chi connectivity index (χ1v) is 21.8. The number of carbonyl (C=O) groups is 2. The van der Waals surface area contributed by atoms with Gasteiger partial charge in [-0.15, -0.1) is 18.2 Å². The van der Waals surface area contributed by atoms with Crippen molar-refractivity contribution in [3.63, 3.8) is 0 Å². The van der Waals surface area contributed by atoms with E-state index in [1.165, 1.54) is 17.0 Å². The Balaban J connectivity index is 1.76. The number of non-ortho nitro benzene ring substituents is 1. The van der Waals surface area contributed by atoms with Crippen LogP contribution in [-0.4, -0.2) is 120 Å². The van der Waals surface area contributed by atoms with Crippen molar-refractivity contribution >= 4 is 35.2 Å². The van der Waals surface area contributed by atoms with Gasteiger partial charge in [0.15, 0.2) is 0 Å². The molecule has 0 spiro atoms. The molecule has 1 heterocycles. The second-order valence-corrected chi connectivity index (χ2v) is 15.6. The maximum Gasteiger partial charge on any atom is 0.412 e. The second kappa shape index (κ2) is 24.2. The van der Waals surface area contributed by atoms with E-state index in [0.717, 1.165) is 17.6 Å². The molecule has 62 heavy (non-hydrogen) atoms. The van der Waals surface area contributed by atoms with Crippen LogP contribution in [0.25, 0.3) is 0 Å². The number of amides is 2. The lowest BCUT2D eigenvalue weighted by molar-refractivity contribution is -0.384. The fourth-order valence-electron chi connectivity index (χ4n) is 8.81.